The van der Waals surface area contributed by atoms with Gasteiger partial charge in [0.25, 0.3) is 0 Å². The number of rotatable bonds is 4. The van der Waals surface area contributed by atoms with Crippen LogP contribution in [0.15, 0.2) is 24.3 Å². The first kappa shape index (κ1) is 9.07. The van der Waals surface area contributed by atoms with E-state index in [2.05, 4.69) is 6.07 Å². The largest absolute Gasteiger partial charge is 0.465 e. The maximum atomic E-state index is 5.38. The Balaban J connectivity index is 2.41. The van der Waals surface area contributed by atoms with E-state index in [0.29, 0.717) is 6.61 Å². The van der Waals surface area contributed by atoms with Crippen LogP contribution < -0.4 is 4.74 Å². The lowest BCUT2D eigenvalue weighted by molar-refractivity contribution is -0.0614. The van der Waals surface area contributed by atoms with Gasteiger partial charge in [0, 0.05) is 12.7 Å². The number of ether oxygens (including phenoxy) is 2. The van der Waals surface area contributed by atoms with Crippen molar-refractivity contribution in [3.05, 3.63) is 30.3 Å². The molecule has 0 aromatic heterocycles. The number of para-hydroxylation sites is 1. The highest BCUT2D eigenvalue weighted by atomic mass is 16.7. The Morgan fingerprint density at radius 1 is 1.50 bits per heavy atom. The molecular formula is C10H13O2. The van der Waals surface area contributed by atoms with E-state index in [-0.39, 0.29) is 6.29 Å². The lowest BCUT2D eigenvalue weighted by atomic mass is 10.3. The molecule has 1 radical (unpaired) electrons. The summed E-state index contributed by atoms with van der Waals surface area (Å²) in [6.07, 6.45) is -0.200. The molecule has 12 heavy (non-hydrogen) atoms. The molecule has 0 saturated heterocycles. The summed E-state index contributed by atoms with van der Waals surface area (Å²) >= 11 is 0. The van der Waals surface area contributed by atoms with Crippen LogP contribution in [0.25, 0.3) is 0 Å². The molecule has 0 amide bonds. The molecule has 0 N–H and O–H groups in total. The molecule has 0 saturated carbocycles. The second kappa shape index (κ2) is 4.78. The molecule has 65 valence electrons. The van der Waals surface area contributed by atoms with E-state index in [0.717, 1.165) is 5.75 Å². The molecule has 2 nitrogen and oxygen atoms in total. The molecule has 1 aromatic rings. The van der Waals surface area contributed by atoms with Gasteiger partial charge in [-0.25, -0.2) is 0 Å². The summed E-state index contributed by atoms with van der Waals surface area (Å²) in [5, 5.41) is 0. The molecule has 0 fully saturated rings. The maximum Gasteiger partial charge on any atom is 0.196 e. The molecule has 1 unspecified atom stereocenters. The van der Waals surface area contributed by atoms with Gasteiger partial charge in [-0.1, -0.05) is 18.2 Å². The third kappa shape index (κ3) is 2.93. The molecule has 1 rings (SSSR count). The van der Waals surface area contributed by atoms with Gasteiger partial charge in [-0.3, -0.25) is 0 Å². The zero-order valence-electron chi connectivity index (χ0n) is 7.41. The topological polar surface area (TPSA) is 18.5 Å². The Morgan fingerprint density at radius 2 is 2.33 bits per heavy atom. The van der Waals surface area contributed by atoms with E-state index in [9.17, 15) is 0 Å². The fourth-order valence-electron chi connectivity index (χ4n) is 0.898. The van der Waals surface area contributed by atoms with Crippen LogP contribution in [0.2, 0.25) is 0 Å². The molecule has 0 aliphatic carbocycles. The molecule has 0 aliphatic heterocycles. The van der Waals surface area contributed by atoms with Crippen LogP contribution in [-0.2, 0) is 4.74 Å². The van der Waals surface area contributed by atoms with Crippen molar-refractivity contribution in [2.75, 3.05) is 6.61 Å². The van der Waals surface area contributed by atoms with Crippen LogP contribution in [-0.4, -0.2) is 12.9 Å². The standard InChI is InChI=1S/C10H13O2/c1-3-11-9(2)12-10-7-5-4-6-8-10/h4-7,9H,3H2,1-2H3. The summed E-state index contributed by atoms with van der Waals surface area (Å²) in [5.41, 5.74) is 0. The Bertz CT molecular complexity index is 208. The van der Waals surface area contributed by atoms with E-state index in [1.54, 1.807) is 0 Å². The van der Waals surface area contributed by atoms with Crippen LogP contribution in [0.4, 0.5) is 0 Å². The van der Waals surface area contributed by atoms with Gasteiger partial charge in [0.1, 0.15) is 5.75 Å². The summed E-state index contributed by atoms with van der Waals surface area (Å²) in [4.78, 5) is 0. The molecule has 0 heterocycles. The first-order valence-corrected chi connectivity index (χ1v) is 4.08. The molecule has 0 bridgehead atoms. The normalized spacial score (nSPS) is 12.5. The smallest absolute Gasteiger partial charge is 0.196 e. The Morgan fingerprint density at radius 3 is 2.92 bits per heavy atom. The number of hydrogen-bond donors (Lipinski definition) is 0. The van der Waals surface area contributed by atoms with Crippen molar-refractivity contribution in [3.8, 4) is 5.75 Å². The second-order valence-corrected chi connectivity index (χ2v) is 2.37. The monoisotopic (exact) mass is 165 g/mol. The van der Waals surface area contributed by atoms with Crippen molar-refractivity contribution in [2.24, 2.45) is 0 Å². The first-order valence-electron chi connectivity index (χ1n) is 4.08. The Labute approximate surface area is 73.1 Å². The van der Waals surface area contributed by atoms with Crippen LogP contribution in [0.3, 0.4) is 0 Å². The SMILES string of the molecule is CCOC(C)Oc1[c]cccc1. The third-order valence-corrected chi connectivity index (χ3v) is 1.37. The molecule has 0 spiro atoms. The lowest BCUT2D eigenvalue weighted by Crippen LogP contribution is -2.15. The van der Waals surface area contributed by atoms with Crippen LogP contribution in [0, 0.1) is 6.07 Å². The minimum absolute atomic E-state index is 0.200. The molecular weight excluding hydrogens is 152 g/mol. The van der Waals surface area contributed by atoms with Crippen molar-refractivity contribution in [1.29, 1.82) is 0 Å². The third-order valence-electron chi connectivity index (χ3n) is 1.37. The zero-order valence-corrected chi connectivity index (χ0v) is 7.41. The van der Waals surface area contributed by atoms with Gasteiger partial charge >= 0.3 is 0 Å². The Hall–Kier alpha value is -1.02. The van der Waals surface area contributed by atoms with Crippen LogP contribution in [0.5, 0.6) is 5.75 Å². The highest BCUT2D eigenvalue weighted by Gasteiger charge is 2.00. The zero-order chi connectivity index (χ0) is 8.81. The van der Waals surface area contributed by atoms with Gasteiger partial charge in [0.05, 0.1) is 0 Å². The average molecular weight is 165 g/mol. The first-order chi connectivity index (χ1) is 5.83. The molecule has 2 heteroatoms. The minimum Gasteiger partial charge on any atom is -0.465 e. The molecule has 1 aromatic carbocycles. The predicted molar refractivity (Wildman–Crippen MR) is 47.0 cm³/mol. The number of benzene rings is 1. The summed E-state index contributed by atoms with van der Waals surface area (Å²) in [5.74, 6) is 0.721. The maximum absolute atomic E-state index is 5.38. The van der Waals surface area contributed by atoms with Gasteiger partial charge in [0.2, 0.25) is 0 Å². The lowest BCUT2D eigenvalue weighted by Gasteiger charge is -2.13. The Kier molecular flexibility index (Phi) is 3.61. The fourth-order valence-corrected chi connectivity index (χ4v) is 0.898. The van der Waals surface area contributed by atoms with Gasteiger partial charge in [-0.2, -0.15) is 0 Å². The van der Waals surface area contributed by atoms with Crippen molar-refractivity contribution < 1.29 is 9.47 Å². The van der Waals surface area contributed by atoms with Crippen molar-refractivity contribution in [2.45, 2.75) is 20.1 Å². The van der Waals surface area contributed by atoms with E-state index in [4.69, 9.17) is 9.47 Å². The van der Waals surface area contributed by atoms with Gasteiger partial charge < -0.3 is 9.47 Å². The molecule has 1 atom stereocenters. The van der Waals surface area contributed by atoms with Crippen LogP contribution in [0.1, 0.15) is 13.8 Å². The van der Waals surface area contributed by atoms with E-state index < -0.39 is 0 Å². The summed E-state index contributed by atoms with van der Waals surface area (Å²) in [7, 11) is 0. The fraction of sp³-hybridized carbons (Fsp3) is 0.400. The molecule has 0 aliphatic rings. The highest BCUT2D eigenvalue weighted by Crippen LogP contribution is 2.09. The summed E-state index contributed by atoms with van der Waals surface area (Å²) < 4.78 is 10.6. The van der Waals surface area contributed by atoms with Crippen LogP contribution >= 0.6 is 0 Å². The van der Waals surface area contributed by atoms with Gasteiger partial charge in [-0.15, -0.1) is 0 Å². The van der Waals surface area contributed by atoms with E-state index in [1.807, 2.05) is 38.1 Å². The summed E-state index contributed by atoms with van der Waals surface area (Å²) in [6.45, 7) is 4.47. The van der Waals surface area contributed by atoms with Crippen molar-refractivity contribution in [1.82, 2.24) is 0 Å². The van der Waals surface area contributed by atoms with Gasteiger partial charge in [-0.05, 0) is 19.9 Å². The van der Waals surface area contributed by atoms with Crippen molar-refractivity contribution >= 4 is 0 Å². The predicted octanol–water partition coefficient (Wildman–Crippen LogP) is 2.25. The summed E-state index contributed by atoms with van der Waals surface area (Å²) in [6, 6.07) is 10.4. The highest BCUT2D eigenvalue weighted by molar-refractivity contribution is 5.19. The minimum atomic E-state index is -0.200. The quantitative estimate of drug-likeness (QED) is 0.637. The van der Waals surface area contributed by atoms with Crippen molar-refractivity contribution in [3.63, 3.8) is 0 Å². The van der Waals surface area contributed by atoms with E-state index >= 15 is 0 Å². The van der Waals surface area contributed by atoms with E-state index in [1.165, 1.54) is 0 Å². The number of hydrogen-bond acceptors (Lipinski definition) is 2. The average Bonchev–Trinajstić information content (AvgIpc) is 2.06. The van der Waals surface area contributed by atoms with Gasteiger partial charge in [0.15, 0.2) is 6.29 Å². The second-order valence-electron chi connectivity index (χ2n) is 2.37.